The van der Waals surface area contributed by atoms with Gasteiger partial charge in [-0.2, -0.15) is 18.3 Å². The van der Waals surface area contributed by atoms with Gasteiger partial charge in [-0.05, 0) is 31.5 Å². The first-order valence-electron chi connectivity index (χ1n) is 6.18. The average Bonchev–Trinajstić information content (AvgIpc) is 2.68. The lowest BCUT2D eigenvalue weighted by atomic mass is 10.2. The SMILES string of the molecule is Cc1[nH]nc2ccc(NS(=O)(=O)CCCC(F)(F)F)cc12. The molecule has 0 aliphatic carbocycles. The molecule has 116 valence electrons. The molecule has 0 aliphatic rings. The maximum atomic E-state index is 12.0. The summed E-state index contributed by atoms with van der Waals surface area (Å²) in [4.78, 5) is 0. The number of hydrogen-bond donors (Lipinski definition) is 2. The molecule has 0 atom stereocenters. The van der Waals surface area contributed by atoms with Gasteiger partial charge < -0.3 is 0 Å². The van der Waals surface area contributed by atoms with Crippen LogP contribution < -0.4 is 4.72 Å². The van der Waals surface area contributed by atoms with Gasteiger partial charge in [-0.3, -0.25) is 9.82 Å². The van der Waals surface area contributed by atoms with Crippen LogP contribution >= 0.6 is 0 Å². The number of aryl methyl sites for hydroxylation is 1. The van der Waals surface area contributed by atoms with Crippen LogP contribution in [0.2, 0.25) is 0 Å². The molecule has 1 aromatic carbocycles. The van der Waals surface area contributed by atoms with Crippen molar-refractivity contribution >= 4 is 26.6 Å². The summed E-state index contributed by atoms with van der Waals surface area (Å²) < 4.78 is 61.8. The van der Waals surface area contributed by atoms with E-state index in [1.807, 2.05) is 0 Å². The highest BCUT2D eigenvalue weighted by Crippen LogP contribution is 2.23. The van der Waals surface area contributed by atoms with Crippen LogP contribution in [0.5, 0.6) is 0 Å². The molecule has 1 aromatic heterocycles. The van der Waals surface area contributed by atoms with E-state index < -0.39 is 34.8 Å². The van der Waals surface area contributed by atoms with Crippen LogP contribution in [0.25, 0.3) is 10.9 Å². The number of benzene rings is 1. The largest absolute Gasteiger partial charge is 0.389 e. The van der Waals surface area contributed by atoms with E-state index in [1.54, 1.807) is 19.1 Å². The molecule has 0 bridgehead atoms. The smallest absolute Gasteiger partial charge is 0.284 e. The summed E-state index contributed by atoms with van der Waals surface area (Å²) in [6, 6.07) is 4.74. The first-order chi connectivity index (χ1) is 9.66. The van der Waals surface area contributed by atoms with E-state index in [-0.39, 0.29) is 0 Å². The number of alkyl halides is 3. The number of sulfonamides is 1. The van der Waals surface area contributed by atoms with Crippen molar-refractivity contribution in [2.24, 2.45) is 0 Å². The Morgan fingerprint density at radius 1 is 1.33 bits per heavy atom. The van der Waals surface area contributed by atoms with Gasteiger partial charge in [-0.1, -0.05) is 0 Å². The Balaban J connectivity index is 2.06. The van der Waals surface area contributed by atoms with Crippen molar-refractivity contribution in [2.45, 2.75) is 25.9 Å². The minimum Gasteiger partial charge on any atom is -0.284 e. The lowest BCUT2D eigenvalue weighted by Crippen LogP contribution is -2.18. The van der Waals surface area contributed by atoms with Gasteiger partial charge in [-0.25, -0.2) is 8.42 Å². The molecule has 2 aromatic rings. The first kappa shape index (κ1) is 15.6. The van der Waals surface area contributed by atoms with Gasteiger partial charge in [0, 0.05) is 23.2 Å². The second-order valence-corrected chi connectivity index (χ2v) is 6.56. The molecule has 0 amide bonds. The van der Waals surface area contributed by atoms with E-state index in [1.165, 1.54) is 6.07 Å². The molecular weight excluding hydrogens is 307 g/mol. The van der Waals surface area contributed by atoms with E-state index in [4.69, 9.17) is 0 Å². The number of aromatic amines is 1. The molecule has 21 heavy (non-hydrogen) atoms. The maximum Gasteiger partial charge on any atom is 0.389 e. The summed E-state index contributed by atoms with van der Waals surface area (Å²) in [6.07, 6.45) is -5.93. The minimum atomic E-state index is -4.34. The van der Waals surface area contributed by atoms with Crippen LogP contribution in [-0.4, -0.2) is 30.5 Å². The van der Waals surface area contributed by atoms with Crippen LogP contribution in [0.3, 0.4) is 0 Å². The number of anilines is 1. The van der Waals surface area contributed by atoms with Crippen LogP contribution in [0.4, 0.5) is 18.9 Å². The number of fused-ring (bicyclic) bond motifs is 1. The van der Waals surface area contributed by atoms with Crippen molar-refractivity contribution in [3.8, 4) is 0 Å². The summed E-state index contributed by atoms with van der Waals surface area (Å²) in [5, 5.41) is 7.53. The standard InChI is InChI=1S/C12H14F3N3O2S/c1-8-10-7-9(3-4-11(10)17-16-8)18-21(19,20)6-2-5-12(13,14)15/h3-4,7,18H,2,5-6H2,1H3,(H,16,17). The quantitative estimate of drug-likeness (QED) is 0.889. The Morgan fingerprint density at radius 2 is 2.05 bits per heavy atom. The zero-order valence-corrected chi connectivity index (χ0v) is 12.0. The molecule has 0 unspecified atom stereocenters. The first-order valence-corrected chi connectivity index (χ1v) is 7.83. The molecule has 0 saturated heterocycles. The summed E-state index contributed by atoms with van der Waals surface area (Å²) in [5.41, 5.74) is 1.77. The zero-order valence-electron chi connectivity index (χ0n) is 11.2. The van der Waals surface area contributed by atoms with Crippen molar-refractivity contribution in [3.63, 3.8) is 0 Å². The van der Waals surface area contributed by atoms with Gasteiger partial charge in [0.2, 0.25) is 10.0 Å². The van der Waals surface area contributed by atoms with Crippen molar-refractivity contribution in [1.82, 2.24) is 10.2 Å². The monoisotopic (exact) mass is 321 g/mol. The fourth-order valence-corrected chi connectivity index (χ4v) is 3.01. The lowest BCUT2D eigenvalue weighted by Gasteiger charge is -2.09. The van der Waals surface area contributed by atoms with Crippen LogP contribution in [0, 0.1) is 6.92 Å². The summed E-state index contributed by atoms with van der Waals surface area (Å²) in [7, 11) is -3.80. The number of aromatic nitrogens is 2. The van der Waals surface area contributed by atoms with Crippen molar-refractivity contribution in [3.05, 3.63) is 23.9 Å². The summed E-state index contributed by atoms with van der Waals surface area (Å²) in [5.74, 6) is -0.574. The fourth-order valence-electron chi connectivity index (χ4n) is 1.89. The highest BCUT2D eigenvalue weighted by atomic mass is 32.2. The van der Waals surface area contributed by atoms with E-state index in [9.17, 15) is 21.6 Å². The number of H-pyrrole nitrogens is 1. The van der Waals surface area contributed by atoms with E-state index in [0.717, 1.165) is 11.1 Å². The molecule has 2 rings (SSSR count). The molecular formula is C12H14F3N3O2S. The average molecular weight is 321 g/mol. The Kier molecular flexibility index (Phi) is 4.13. The summed E-state index contributed by atoms with van der Waals surface area (Å²) >= 11 is 0. The van der Waals surface area contributed by atoms with Gasteiger partial charge in [0.25, 0.3) is 0 Å². The maximum absolute atomic E-state index is 12.0. The van der Waals surface area contributed by atoms with Crippen molar-refractivity contribution in [2.75, 3.05) is 10.5 Å². The Hall–Kier alpha value is -1.77. The third kappa shape index (κ3) is 4.35. The lowest BCUT2D eigenvalue weighted by molar-refractivity contribution is -0.134. The fraction of sp³-hybridized carbons (Fsp3) is 0.417. The van der Waals surface area contributed by atoms with Gasteiger partial charge in [0.1, 0.15) is 0 Å². The molecule has 2 N–H and O–H groups in total. The number of halogens is 3. The number of nitrogens with one attached hydrogen (secondary N) is 2. The van der Waals surface area contributed by atoms with Gasteiger partial charge in [0.05, 0.1) is 11.3 Å². The third-order valence-electron chi connectivity index (χ3n) is 2.89. The Morgan fingerprint density at radius 3 is 2.71 bits per heavy atom. The molecule has 0 spiro atoms. The molecule has 0 fully saturated rings. The number of hydrogen-bond acceptors (Lipinski definition) is 3. The minimum absolute atomic E-state index is 0.305. The highest BCUT2D eigenvalue weighted by molar-refractivity contribution is 7.92. The molecule has 5 nitrogen and oxygen atoms in total. The van der Waals surface area contributed by atoms with Crippen LogP contribution in [0.1, 0.15) is 18.5 Å². The normalized spacial score (nSPS) is 12.8. The van der Waals surface area contributed by atoms with Gasteiger partial charge in [-0.15, -0.1) is 0 Å². The number of rotatable bonds is 5. The topological polar surface area (TPSA) is 74.8 Å². The molecule has 0 radical (unpaired) electrons. The van der Waals surface area contributed by atoms with E-state index in [0.29, 0.717) is 11.2 Å². The predicted molar refractivity (Wildman–Crippen MR) is 73.5 cm³/mol. The van der Waals surface area contributed by atoms with Crippen LogP contribution in [0.15, 0.2) is 18.2 Å². The Labute approximate surface area is 119 Å². The zero-order chi connectivity index (χ0) is 15.7. The van der Waals surface area contributed by atoms with Crippen molar-refractivity contribution < 1.29 is 21.6 Å². The second kappa shape index (κ2) is 5.55. The summed E-state index contributed by atoms with van der Waals surface area (Å²) in [6.45, 7) is 1.79. The predicted octanol–water partition coefficient (Wildman–Crippen LogP) is 2.96. The molecule has 0 aliphatic heterocycles. The molecule has 1 heterocycles. The van der Waals surface area contributed by atoms with Gasteiger partial charge >= 0.3 is 6.18 Å². The van der Waals surface area contributed by atoms with Crippen molar-refractivity contribution in [1.29, 1.82) is 0 Å². The third-order valence-corrected chi connectivity index (χ3v) is 4.26. The Bertz CT molecular complexity index is 738. The van der Waals surface area contributed by atoms with E-state index >= 15 is 0 Å². The number of nitrogens with zero attached hydrogens (tertiary/aromatic N) is 1. The second-order valence-electron chi connectivity index (χ2n) is 4.72. The highest BCUT2D eigenvalue weighted by Gasteiger charge is 2.27. The van der Waals surface area contributed by atoms with E-state index in [2.05, 4.69) is 14.9 Å². The molecule has 9 heteroatoms. The molecule has 0 saturated carbocycles. The van der Waals surface area contributed by atoms with Crippen LogP contribution in [-0.2, 0) is 10.0 Å². The van der Waals surface area contributed by atoms with Gasteiger partial charge in [0.15, 0.2) is 0 Å².